The normalized spacial score (nSPS) is 9.86. The molecule has 0 aliphatic rings. The number of para-hydroxylation sites is 2. The van der Waals surface area contributed by atoms with Gasteiger partial charge in [-0.1, -0.05) is 36.5 Å². The fourth-order valence-electron chi connectivity index (χ4n) is 1.83. The third kappa shape index (κ3) is 4.20. The van der Waals surface area contributed by atoms with Crippen molar-refractivity contribution in [2.75, 3.05) is 19.0 Å². The van der Waals surface area contributed by atoms with E-state index in [0.717, 1.165) is 0 Å². The van der Waals surface area contributed by atoms with Crippen LogP contribution in [-0.2, 0) is 4.79 Å². The summed E-state index contributed by atoms with van der Waals surface area (Å²) in [5.41, 5.74) is 6.86. The van der Waals surface area contributed by atoms with Gasteiger partial charge in [-0.05, 0) is 24.3 Å². The molecular formula is C16H16N2O3S. The fourth-order valence-corrected chi connectivity index (χ4v) is 1.96. The lowest BCUT2D eigenvalue weighted by Gasteiger charge is -2.11. The van der Waals surface area contributed by atoms with Crippen LogP contribution in [0.5, 0.6) is 11.5 Å². The van der Waals surface area contributed by atoms with Gasteiger partial charge in [0, 0.05) is 11.3 Å². The summed E-state index contributed by atoms with van der Waals surface area (Å²) in [5, 5.41) is 2.72. The SMILES string of the molecule is COc1ccccc1OCC(=O)Nc1cccc(C(N)=S)c1. The number of methoxy groups -OCH3 is 1. The van der Waals surface area contributed by atoms with E-state index >= 15 is 0 Å². The predicted octanol–water partition coefficient (Wildman–Crippen LogP) is 2.35. The molecule has 2 rings (SSSR count). The van der Waals surface area contributed by atoms with Gasteiger partial charge in [0.15, 0.2) is 18.1 Å². The monoisotopic (exact) mass is 316 g/mol. The van der Waals surface area contributed by atoms with Crippen LogP contribution in [-0.4, -0.2) is 24.6 Å². The molecule has 0 unspecified atom stereocenters. The molecule has 0 atom stereocenters. The smallest absolute Gasteiger partial charge is 0.262 e. The number of carbonyl (C=O) groups excluding carboxylic acids is 1. The average Bonchev–Trinajstić information content (AvgIpc) is 2.53. The van der Waals surface area contributed by atoms with Crippen LogP contribution in [0.25, 0.3) is 0 Å². The third-order valence-corrected chi connectivity index (χ3v) is 3.09. The second-order valence-corrected chi connectivity index (χ2v) is 4.87. The molecule has 0 spiro atoms. The van der Waals surface area contributed by atoms with Crippen LogP contribution in [0.15, 0.2) is 48.5 Å². The molecule has 0 bridgehead atoms. The lowest BCUT2D eigenvalue weighted by molar-refractivity contribution is -0.118. The number of carbonyl (C=O) groups is 1. The Morgan fingerprint density at radius 1 is 1.18 bits per heavy atom. The highest BCUT2D eigenvalue weighted by Gasteiger charge is 2.08. The van der Waals surface area contributed by atoms with E-state index in [9.17, 15) is 4.79 Å². The molecule has 0 radical (unpaired) electrons. The van der Waals surface area contributed by atoms with Crippen molar-refractivity contribution in [1.29, 1.82) is 0 Å². The van der Waals surface area contributed by atoms with Crippen LogP contribution in [0.1, 0.15) is 5.56 Å². The van der Waals surface area contributed by atoms with Crippen molar-refractivity contribution >= 4 is 28.8 Å². The maximum atomic E-state index is 11.9. The van der Waals surface area contributed by atoms with Gasteiger partial charge in [0.25, 0.3) is 5.91 Å². The van der Waals surface area contributed by atoms with Crippen LogP contribution in [0, 0.1) is 0 Å². The van der Waals surface area contributed by atoms with E-state index in [4.69, 9.17) is 27.4 Å². The van der Waals surface area contributed by atoms with Crippen LogP contribution >= 0.6 is 12.2 Å². The standard InChI is InChI=1S/C16H16N2O3S/c1-20-13-7-2-3-8-14(13)21-10-15(19)18-12-6-4-5-11(9-12)16(17)22/h2-9H,10H2,1H3,(H2,17,22)(H,18,19). The van der Waals surface area contributed by atoms with Gasteiger partial charge in [0.1, 0.15) is 4.99 Å². The minimum absolute atomic E-state index is 0.127. The third-order valence-electron chi connectivity index (χ3n) is 2.86. The summed E-state index contributed by atoms with van der Waals surface area (Å²) in [6, 6.07) is 14.1. The molecule has 0 aromatic heterocycles. The quantitative estimate of drug-likeness (QED) is 0.800. The highest BCUT2D eigenvalue weighted by atomic mass is 32.1. The van der Waals surface area contributed by atoms with Crippen LogP contribution < -0.4 is 20.5 Å². The van der Waals surface area contributed by atoms with Crippen LogP contribution in [0.3, 0.4) is 0 Å². The molecule has 3 N–H and O–H groups in total. The number of amides is 1. The first-order chi connectivity index (χ1) is 10.6. The van der Waals surface area contributed by atoms with Crippen molar-refractivity contribution in [2.45, 2.75) is 0 Å². The fraction of sp³-hybridized carbons (Fsp3) is 0.125. The summed E-state index contributed by atoms with van der Waals surface area (Å²) < 4.78 is 10.6. The zero-order chi connectivity index (χ0) is 15.9. The zero-order valence-corrected chi connectivity index (χ0v) is 12.9. The Bertz CT molecular complexity index is 689. The number of ether oxygens (including phenoxy) is 2. The van der Waals surface area contributed by atoms with Crippen molar-refractivity contribution < 1.29 is 14.3 Å². The Morgan fingerprint density at radius 2 is 1.91 bits per heavy atom. The number of nitrogens with one attached hydrogen (secondary N) is 1. The molecule has 2 aromatic rings. The number of nitrogens with two attached hydrogens (primary N) is 1. The van der Waals surface area contributed by atoms with Crippen molar-refractivity contribution in [1.82, 2.24) is 0 Å². The largest absolute Gasteiger partial charge is 0.493 e. The van der Waals surface area contributed by atoms with Gasteiger partial charge in [-0.25, -0.2) is 0 Å². The van der Waals surface area contributed by atoms with Crippen LogP contribution in [0.4, 0.5) is 5.69 Å². The molecule has 1 amide bonds. The zero-order valence-electron chi connectivity index (χ0n) is 12.0. The lowest BCUT2D eigenvalue weighted by atomic mass is 10.2. The van der Waals surface area contributed by atoms with Gasteiger partial charge >= 0.3 is 0 Å². The van der Waals surface area contributed by atoms with E-state index in [1.54, 1.807) is 49.6 Å². The van der Waals surface area contributed by atoms with E-state index in [0.29, 0.717) is 22.7 Å². The number of anilines is 1. The van der Waals surface area contributed by atoms with E-state index < -0.39 is 0 Å². The van der Waals surface area contributed by atoms with E-state index in [2.05, 4.69) is 5.32 Å². The van der Waals surface area contributed by atoms with Crippen molar-refractivity contribution in [3.63, 3.8) is 0 Å². The van der Waals surface area contributed by atoms with Crippen molar-refractivity contribution in [2.24, 2.45) is 5.73 Å². The van der Waals surface area contributed by atoms with Gasteiger partial charge in [-0.3, -0.25) is 4.79 Å². The van der Waals surface area contributed by atoms with E-state index in [1.165, 1.54) is 0 Å². The van der Waals surface area contributed by atoms with Gasteiger partial charge in [0.2, 0.25) is 0 Å². The topological polar surface area (TPSA) is 73.6 Å². The molecule has 0 heterocycles. The summed E-state index contributed by atoms with van der Waals surface area (Å²) in [7, 11) is 1.55. The minimum Gasteiger partial charge on any atom is -0.493 e. The molecule has 0 aliphatic carbocycles. The number of hydrogen-bond donors (Lipinski definition) is 2. The summed E-state index contributed by atoms with van der Waals surface area (Å²) in [4.78, 5) is 12.2. The molecule has 114 valence electrons. The molecule has 0 fully saturated rings. The molecule has 0 saturated heterocycles. The summed E-state index contributed by atoms with van der Waals surface area (Å²) in [6.07, 6.45) is 0. The Labute approximate surface area is 134 Å². The molecule has 6 heteroatoms. The Morgan fingerprint density at radius 3 is 2.59 bits per heavy atom. The van der Waals surface area contributed by atoms with Gasteiger partial charge in [-0.15, -0.1) is 0 Å². The van der Waals surface area contributed by atoms with Gasteiger partial charge in [0.05, 0.1) is 7.11 Å². The van der Waals surface area contributed by atoms with Crippen LogP contribution in [0.2, 0.25) is 0 Å². The molecule has 2 aromatic carbocycles. The van der Waals surface area contributed by atoms with E-state index in [-0.39, 0.29) is 17.5 Å². The second-order valence-electron chi connectivity index (χ2n) is 4.43. The summed E-state index contributed by atoms with van der Waals surface area (Å²) >= 11 is 4.90. The predicted molar refractivity (Wildman–Crippen MR) is 89.4 cm³/mol. The maximum absolute atomic E-state index is 11.9. The first-order valence-corrected chi connectivity index (χ1v) is 6.96. The Hall–Kier alpha value is -2.60. The van der Waals surface area contributed by atoms with Gasteiger partial charge in [-0.2, -0.15) is 0 Å². The molecule has 0 saturated carbocycles. The summed E-state index contributed by atoms with van der Waals surface area (Å²) in [6.45, 7) is -0.127. The maximum Gasteiger partial charge on any atom is 0.262 e. The number of hydrogen-bond acceptors (Lipinski definition) is 4. The van der Waals surface area contributed by atoms with Crippen molar-refractivity contribution in [3.05, 3.63) is 54.1 Å². The van der Waals surface area contributed by atoms with E-state index in [1.807, 2.05) is 6.07 Å². The molecular weight excluding hydrogens is 300 g/mol. The first kappa shape index (κ1) is 15.8. The number of rotatable bonds is 6. The second kappa shape index (κ2) is 7.42. The number of thiocarbonyl (C=S) groups is 1. The molecule has 0 aliphatic heterocycles. The number of benzene rings is 2. The summed E-state index contributed by atoms with van der Waals surface area (Å²) in [5.74, 6) is 0.800. The van der Waals surface area contributed by atoms with Crippen molar-refractivity contribution in [3.8, 4) is 11.5 Å². The first-order valence-electron chi connectivity index (χ1n) is 6.55. The minimum atomic E-state index is -0.286. The molecule has 22 heavy (non-hydrogen) atoms. The molecule has 5 nitrogen and oxygen atoms in total. The van der Waals surface area contributed by atoms with Gasteiger partial charge < -0.3 is 20.5 Å². The Kier molecular flexibility index (Phi) is 5.32. The highest BCUT2D eigenvalue weighted by Crippen LogP contribution is 2.25. The highest BCUT2D eigenvalue weighted by molar-refractivity contribution is 7.80. The lowest BCUT2D eigenvalue weighted by Crippen LogP contribution is -2.20. The average molecular weight is 316 g/mol. The Balaban J connectivity index is 1.96.